The first-order valence-electron chi connectivity index (χ1n) is 10.2. The van der Waals surface area contributed by atoms with E-state index >= 15 is 0 Å². The first kappa shape index (κ1) is 18.2. The van der Waals surface area contributed by atoms with E-state index in [1.807, 2.05) is 0 Å². The Labute approximate surface area is 169 Å². The molecule has 152 valence electrons. The van der Waals surface area contributed by atoms with E-state index in [-0.39, 0.29) is 5.95 Å². The van der Waals surface area contributed by atoms with Gasteiger partial charge in [-0.1, -0.05) is 6.92 Å². The number of hydrogen-bond acceptors (Lipinski definition) is 8. The molecule has 29 heavy (non-hydrogen) atoms. The van der Waals surface area contributed by atoms with E-state index in [2.05, 4.69) is 40.2 Å². The fourth-order valence-electron chi connectivity index (χ4n) is 4.44. The lowest BCUT2D eigenvalue weighted by atomic mass is 10.1. The van der Waals surface area contributed by atoms with Gasteiger partial charge in [-0.3, -0.25) is 0 Å². The maximum Gasteiger partial charge on any atom is 0.219 e. The average molecular weight is 394 g/mol. The largest absolute Gasteiger partial charge is 0.368 e. The van der Waals surface area contributed by atoms with Crippen LogP contribution < -0.4 is 10.6 Å². The second-order valence-corrected chi connectivity index (χ2v) is 8.22. The van der Waals surface area contributed by atoms with E-state index in [0.29, 0.717) is 18.5 Å². The average Bonchev–Trinajstić information content (AvgIpc) is 3.33. The summed E-state index contributed by atoms with van der Waals surface area (Å²) in [5.41, 5.74) is 7.64. The summed E-state index contributed by atoms with van der Waals surface area (Å²) in [6, 6.07) is 0.464. The number of anilines is 2. The van der Waals surface area contributed by atoms with Crippen LogP contribution in [0.5, 0.6) is 0 Å². The molecule has 1 fully saturated rings. The van der Waals surface area contributed by atoms with Gasteiger partial charge in [-0.25, -0.2) is 24.9 Å². The third-order valence-electron chi connectivity index (χ3n) is 5.94. The third-order valence-corrected chi connectivity index (χ3v) is 5.94. The summed E-state index contributed by atoms with van der Waals surface area (Å²) in [6.07, 6.45) is 6.76. The molecule has 3 aromatic heterocycles. The molecule has 3 aromatic rings. The molecule has 0 aliphatic carbocycles. The molecule has 2 aliphatic heterocycles. The van der Waals surface area contributed by atoms with E-state index in [1.54, 1.807) is 12.4 Å². The molecular formula is C20H26N8O. The molecule has 1 unspecified atom stereocenters. The number of ether oxygens (including phenoxy) is 1. The summed E-state index contributed by atoms with van der Waals surface area (Å²) in [5, 5.41) is 0. The van der Waals surface area contributed by atoms with E-state index in [1.165, 1.54) is 6.42 Å². The van der Waals surface area contributed by atoms with Crippen LogP contribution in [0.2, 0.25) is 0 Å². The highest BCUT2D eigenvalue weighted by molar-refractivity contribution is 5.86. The van der Waals surface area contributed by atoms with Crippen LogP contribution in [-0.4, -0.2) is 48.7 Å². The molecule has 9 heteroatoms. The molecule has 1 saturated heterocycles. The number of nitrogens with two attached hydrogens (primary N) is 1. The maximum atomic E-state index is 5.98. The monoisotopic (exact) mass is 394 g/mol. The molecule has 2 N–H and O–H groups in total. The molecule has 5 rings (SSSR count). The molecule has 1 atom stereocenters. The van der Waals surface area contributed by atoms with Crippen molar-refractivity contribution in [3.8, 4) is 11.4 Å². The quantitative estimate of drug-likeness (QED) is 0.722. The van der Waals surface area contributed by atoms with Gasteiger partial charge in [0.05, 0.1) is 12.2 Å². The lowest BCUT2D eigenvalue weighted by Gasteiger charge is -2.30. The Kier molecular flexibility index (Phi) is 4.16. The highest BCUT2D eigenvalue weighted by Crippen LogP contribution is 2.37. The molecule has 5 heterocycles. The van der Waals surface area contributed by atoms with Gasteiger partial charge in [0, 0.05) is 31.5 Å². The SMILES string of the molecule is CCC1CCCN1c1nc(-c2cnc(N)nc2)nc2c1nc1n2CCOC1(C)C. The topological polar surface area (TPSA) is 108 Å². The number of rotatable bonds is 3. The van der Waals surface area contributed by atoms with E-state index in [9.17, 15) is 0 Å². The standard InChI is InChI=1S/C20H26N8O/c1-4-13-6-5-7-27(13)16-14-17(28-8-9-29-20(2,3)18(28)24-14)26-15(25-16)12-10-22-19(21)23-11-12/h10-11,13H,4-9H2,1-3H3,(H2,21,22,23). The lowest BCUT2D eigenvalue weighted by molar-refractivity contribution is -0.0530. The highest BCUT2D eigenvalue weighted by Gasteiger charge is 2.35. The minimum absolute atomic E-state index is 0.237. The van der Waals surface area contributed by atoms with Gasteiger partial charge in [0.1, 0.15) is 11.4 Å². The van der Waals surface area contributed by atoms with Gasteiger partial charge in [-0.15, -0.1) is 0 Å². The molecule has 9 nitrogen and oxygen atoms in total. The summed E-state index contributed by atoms with van der Waals surface area (Å²) in [6.45, 7) is 8.66. The molecule has 2 aliphatic rings. The Balaban J connectivity index is 1.76. The Hall–Kier alpha value is -2.81. The lowest BCUT2D eigenvalue weighted by Crippen LogP contribution is -2.33. The smallest absolute Gasteiger partial charge is 0.219 e. The van der Waals surface area contributed by atoms with Crippen LogP contribution in [0.25, 0.3) is 22.6 Å². The summed E-state index contributed by atoms with van der Waals surface area (Å²) < 4.78 is 8.15. The predicted molar refractivity (Wildman–Crippen MR) is 110 cm³/mol. The van der Waals surface area contributed by atoms with Gasteiger partial charge in [0.2, 0.25) is 5.95 Å². The van der Waals surface area contributed by atoms with Crippen molar-refractivity contribution in [3.63, 3.8) is 0 Å². The first-order chi connectivity index (χ1) is 14.0. The summed E-state index contributed by atoms with van der Waals surface area (Å²) in [4.78, 5) is 25.5. The summed E-state index contributed by atoms with van der Waals surface area (Å²) in [7, 11) is 0. The van der Waals surface area contributed by atoms with Crippen LogP contribution in [0.1, 0.15) is 45.9 Å². The number of nitrogens with zero attached hydrogens (tertiary/aromatic N) is 7. The second kappa shape index (κ2) is 6.62. The normalized spacial score (nSPS) is 20.9. The van der Waals surface area contributed by atoms with Gasteiger partial charge in [-0.2, -0.15) is 0 Å². The molecule has 0 spiro atoms. The molecule has 0 radical (unpaired) electrons. The minimum atomic E-state index is -0.462. The van der Waals surface area contributed by atoms with Crippen molar-refractivity contribution in [1.82, 2.24) is 29.5 Å². The van der Waals surface area contributed by atoms with Crippen molar-refractivity contribution in [2.24, 2.45) is 0 Å². The number of imidazole rings is 1. The molecule has 0 saturated carbocycles. The number of hydrogen-bond donors (Lipinski definition) is 1. The molecular weight excluding hydrogens is 368 g/mol. The van der Waals surface area contributed by atoms with E-state index in [0.717, 1.165) is 54.3 Å². The first-order valence-corrected chi connectivity index (χ1v) is 10.2. The van der Waals surface area contributed by atoms with Crippen LogP contribution >= 0.6 is 0 Å². The van der Waals surface area contributed by atoms with Gasteiger partial charge in [0.15, 0.2) is 22.8 Å². The summed E-state index contributed by atoms with van der Waals surface area (Å²) in [5.74, 6) is 2.62. The zero-order valence-electron chi connectivity index (χ0n) is 17.1. The number of nitrogen functional groups attached to an aromatic ring is 1. The van der Waals surface area contributed by atoms with Gasteiger partial charge in [0.25, 0.3) is 0 Å². The fourth-order valence-corrected chi connectivity index (χ4v) is 4.44. The zero-order valence-corrected chi connectivity index (χ0v) is 17.1. The molecule has 0 amide bonds. The van der Waals surface area contributed by atoms with Crippen LogP contribution in [-0.2, 0) is 16.9 Å². The Morgan fingerprint density at radius 1 is 1.17 bits per heavy atom. The van der Waals surface area contributed by atoms with Crippen molar-refractivity contribution in [3.05, 3.63) is 18.2 Å². The summed E-state index contributed by atoms with van der Waals surface area (Å²) >= 11 is 0. The minimum Gasteiger partial charge on any atom is -0.368 e. The van der Waals surface area contributed by atoms with E-state index in [4.69, 9.17) is 25.4 Å². The van der Waals surface area contributed by atoms with Crippen molar-refractivity contribution < 1.29 is 4.74 Å². The third kappa shape index (κ3) is 2.91. The van der Waals surface area contributed by atoms with Gasteiger partial charge in [-0.05, 0) is 33.1 Å². The maximum absolute atomic E-state index is 5.98. The Morgan fingerprint density at radius 2 is 1.97 bits per heavy atom. The van der Waals surface area contributed by atoms with Gasteiger partial charge >= 0.3 is 0 Å². The molecule has 0 aromatic carbocycles. The van der Waals surface area contributed by atoms with E-state index < -0.39 is 5.60 Å². The van der Waals surface area contributed by atoms with Crippen LogP contribution in [0.15, 0.2) is 12.4 Å². The highest BCUT2D eigenvalue weighted by atomic mass is 16.5. The van der Waals surface area contributed by atoms with Crippen molar-refractivity contribution >= 4 is 22.9 Å². The van der Waals surface area contributed by atoms with Crippen molar-refractivity contribution in [2.45, 2.75) is 58.2 Å². The fraction of sp³-hybridized carbons (Fsp3) is 0.550. The zero-order chi connectivity index (χ0) is 20.2. The Bertz CT molecular complexity index is 1060. The van der Waals surface area contributed by atoms with Crippen molar-refractivity contribution in [1.29, 1.82) is 0 Å². The molecule has 0 bridgehead atoms. The number of aromatic nitrogens is 6. The van der Waals surface area contributed by atoms with Crippen LogP contribution in [0.3, 0.4) is 0 Å². The van der Waals surface area contributed by atoms with Crippen LogP contribution in [0, 0.1) is 0 Å². The number of fused-ring (bicyclic) bond motifs is 3. The second-order valence-electron chi connectivity index (χ2n) is 8.22. The predicted octanol–water partition coefficient (Wildman–Crippen LogP) is 2.51. The van der Waals surface area contributed by atoms with Gasteiger partial charge < -0.3 is 19.9 Å². The Morgan fingerprint density at radius 3 is 2.72 bits per heavy atom. The van der Waals surface area contributed by atoms with Crippen LogP contribution in [0.4, 0.5) is 11.8 Å². The van der Waals surface area contributed by atoms with Crippen molar-refractivity contribution in [2.75, 3.05) is 23.8 Å².